The van der Waals surface area contributed by atoms with Gasteiger partial charge in [-0.25, -0.2) is 0 Å². The van der Waals surface area contributed by atoms with E-state index < -0.39 is 0 Å². The number of nitrogens with zero attached hydrogens (tertiary/aromatic N) is 4. The zero-order chi connectivity index (χ0) is 24.2. The van der Waals surface area contributed by atoms with E-state index in [1.54, 1.807) is 4.90 Å². The number of anilines is 2. The molecule has 0 saturated carbocycles. The van der Waals surface area contributed by atoms with Gasteiger partial charge in [0.05, 0.1) is 11.4 Å². The van der Waals surface area contributed by atoms with Crippen LogP contribution in [0.3, 0.4) is 0 Å². The first-order valence-corrected chi connectivity index (χ1v) is 13.1. The molecule has 35 heavy (non-hydrogen) atoms. The summed E-state index contributed by atoms with van der Waals surface area (Å²) in [6.07, 6.45) is 4.05. The van der Waals surface area contributed by atoms with Crippen LogP contribution in [0.25, 0.3) is 0 Å². The fourth-order valence-corrected chi connectivity index (χ4v) is 5.61. The molecule has 0 bridgehead atoms. The molecule has 0 spiro atoms. The van der Waals surface area contributed by atoms with Crippen LogP contribution in [0.15, 0.2) is 48.5 Å². The SMILES string of the molecule is CN1C(=O)[C@@H]2CCCCN2c2ccc(C(=O)NCCCN3CCN(Cc4ccccc4)CC3)cc21. The van der Waals surface area contributed by atoms with E-state index in [2.05, 4.69) is 50.3 Å². The molecule has 3 aliphatic rings. The van der Waals surface area contributed by atoms with Crippen LogP contribution in [0.4, 0.5) is 11.4 Å². The van der Waals surface area contributed by atoms with Crippen LogP contribution in [-0.4, -0.2) is 80.5 Å². The standard InChI is InChI=1S/C28H37N5O2/c1-30-26-20-23(11-12-24(26)33-15-6-5-10-25(33)28(30)35)27(34)29-13-7-14-31-16-18-32(19-17-31)21-22-8-3-2-4-9-22/h2-4,8-9,11-12,20,25H,5-7,10,13-19,21H2,1H3,(H,29,34)/t25-/m0/s1. The Bertz CT molecular complexity index is 1030. The van der Waals surface area contributed by atoms with Gasteiger partial charge in [-0.1, -0.05) is 30.3 Å². The Labute approximate surface area is 208 Å². The van der Waals surface area contributed by atoms with Gasteiger partial charge in [-0.2, -0.15) is 0 Å². The lowest BCUT2D eigenvalue weighted by atomic mass is 9.96. The van der Waals surface area contributed by atoms with Gasteiger partial charge >= 0.3 is 0 Å². The van der Waals surface area contributed by atoms with Gasteiger partial charge in [0.2, 0.25) is 5.91 Å². The van der Waals surface area contributed by atoms with Crippen LogP contribution >= 0.6 is 0 Å². The molecule has 2 aromatic carbocycles. The summed E-state index contributed by atoms with van der Waals surface area (Å²) in [5.74, 6) is 0.0701. The molecule has 7 heteroatoms. The molecule has 2 aromatic rings. The van der Waals surface area contributed by atoms with Gasteiger partial charge in [-0.05, 0) is 56.0 Å². The number of carbonyl (C=O) groups excluding carboxylic acids is 2. The molecular formula is C28H37N5O2. The molecule has 2 saturated heterocycles. The first kappa shape index (κ1) is 23.8. The van der Waals surface area contributed by atoms with Crippen molar-refractivity contribution in [1.82, 2.24) is 15.1 Å². The van der Waals surface area contributed by atoms with Crippen molar-refractivity contribution in [2.75, 3.05) is 62.7 Å². The van der Waals surface area contributed by atoms with E-state index in [4.69, 9.17) is 0 Å². The zero-order valence-corrected chi connectivity index (χ0v) is 20.8. The minimum absolute atomic E-state index is 0.0545. The number of likely N-dealkylation sites (N-methyl/N-ethyl adjacent to an activating group) is 1. The minimum Gasteiger partial charge on any atom is -0.358 e. The van der Waals surface area contributed by atoms with E-state index in [1.165, 1.54) is 5.56 Å². The second-order valence-corrected chi connectivity index (χ2v) is 10.0. The third-order valence-electron chi connectivity index (χ3n) is 7.68. The fraction of sp³-hybridized carbons (Fsp3) is 0.500. The first-order valence-electron chi connectivity index (χ1n) is 13.1. The Morgan fingerprint density at radius 2 is 1.71 bits per heavy atom. The molecule has 1 N–H and O–H groups in total. The molecule has 1 atom stereocenters. The molecule has 5 rings (SSSR count). The second-order valence-electron chi connectivity index (χ2n) is 10.0. The summed E-state index contributed by atoms with van der Waals surface area (Å²) in [4.78, 5) is 34.6. The molecule has 7 nitrogen and oxygen atoms in total. The number of benzene rings is 2. The summed E-state index contributed by atoms with van der Waals surface area (Å²) >= 11 is 0. The Balaban J connectivity index is 1.07. The van der Waals surface area contributed by atoms with E-state index in [0.717, 1.165) is 82.9 Å². The summed E-state index contributed by atoms with van der Waals surface area (Å²) in [5, 5.41) is 3.08. The number of fused-ring (bicyclic) bond motifs is 3. The molecular weight excluding hydrogens is 438 g/mol. The van der Waals surface area contributed by atoms with Gasteiger partial charge < -0.3 is 20.0 Å². The summed E-state index contributed by atoms with van der Waals surface area (Å²) in [5.41, 5.74) is 3.90. The van der Waals surface area contributed by atoms with E-state index in [9.17, 15) is 9.59 Å². The summed E-state index contributed by atoms with van der Waals surface area (Å²) in [7, 11) is 1.83. The van der Waals surface area contributed by atoms with E-state index in [-0.39, 0.29) is 17.9 Å². The lowest BCUT2D eigenvalue weighted by Crippen LogP contribution is -2.54. The number of piperidine rings is 1. The number of hydrogen-bond donors (Lipinski definition) is 1. The Kier molecular flexibility index (Phi) is 7.35. The van der Waals surface area contributed by atoms with E-state index in [0.29, 0.717) is 12.1 Å². The Hall–Kier alpha value is -2.90. The van der Waals surface area contributed by atoms with Crippen LogP contribution in [0.1, 0.15) is 41.6 Å². The summed E-state index contributed by atoms with van der Waals surface area (Å²) in [6.45, 7) is 7.89. The second kappa shape index (κ2) is 10.8. The highest BCUT2D eigenvalue weighted by atomic mass is 16.2. The lowest BCUT2D eigenvalue weighted by molar-refractivity contribution is -0.120. The van der Waals surface area contributed by atoms with Crippen molar-refractivity contribution < 1.29 is 9.59 Å². The molecule has 0 aliphatic carbocycles. The van der Waals surface area contributed by atoms with Gasteiger partial charge in [0.1, 0.15) is 6.04 Å². The first-order chi connectivity index (χ1) is 17.1. The minimum atomic E-state index is -0.0675. The highest BCUT2D eigenvalue weighted by molar-refractivity contribution is 6.07. The van der Waals surface area contributed by atoms with Crippen molar-refractivity contribution in [2.45, 2.75) is 38.3 Å². The molecule has 0 unspecified atom stereocenters. The zero-order valence-electron chi connectivity index (χ0n) is 20.8. The van der Waals surface area contributed by atoms with Gasteiger partial charge in [0, 0.05) is 58.4 Å². The van der Waals surface area contributed by atoms with Crippen molar-refractivity contribution >= 4 is 23.2 Å². The van der Waals surface area contributed by atoms with Crippen molar-refractivity contribution in [3.8, 4) is 0 Å². The predicted octanol–water partition coefficient (Wildman–Crippen LogP) is 2.96. The normalized spacial score (nSPS) is 20.9. The van der Waals surface area contributed by atoms with Crippen LogP contribution in [0, 0.1) is 0 Å². The smallest absolute Gasteiger partial charge is 0.251 e. The molecule has 186 valence electrons. The van der Waals surface area contributed by atoms with Gasteiger partial charge in [0.25, 0.3) is 5.91 Å². The predicted molar refractivity (Wildman–Crippen MR) is 140 cm³/mol. The quantitative estimate of drug-likeness (QED) is 0.624. The third kappa shape index (κ3) is 5.36. The Morgan fingerprint density at radius 3 is 2.51 bits per heavy atom. The van der Waals surface area contributed by atoms with E-state index in [1.807, 2.05) is 25.2 Å². The average Bonchev–Trinajstić information content (AvgIpc) is 2.91. The molecule has 0 aromatic heterocycles. The molecule has 2 amide bonds. The number of hydrogen-bond acceptors (Lipinski definition) is 5. The summed E-state index contributed by atoms with van der Waals surface area (Å²) < 4.78 is 0. The van der Waals surface area contributed by atoms with Crippen molar-refractivity contribution in [1.29, 1.82) is 0 Å². The van der Waals surface area contributed by atoms with Gasteiger partial charge in [-0.3, -0.25) is 14.5 Å². The maximum absolute atomic E-state index is 12.9. The summed E-state index contributed by atoms with van der Waals surface area (Å²) in [6, 6.07) is 16.4. The van der Waals surface area contributed by atoms with Crippen LogP contribution in [0.5, 0.6) is 0 Å². The topological polar surface area (TPSA) is 59.1 Å². The van der Waals surface area contributed by atoms with Crippen LogP contribution in [-0.2, 0) is 11.3 Å². The maximum Gasteiger partial charge on any atom is 0.251 e. The number of rotatable bonds is 7. The third-order valence-corrected chi connectivity index (χ3v) is 7.68. The highest BCUT2D eigenvalue weighted by Gasteiger charge is 2.38. The number of piperazine rings is 1. The molecule has 2 fully saturated rings. The molecule has 3 heterocycles. The maximum atomic E-state index is 12.9. The monoisotopic (exact) mass is 475 g/mol. The number of amides is 2. The lowest BCUT2D eigenvalue weighted by Gasteiger charge is -2.44. The van der Waals surface area contributed by atoms with Crippen molar-refractivity contribution in [3.63, 3.8) is 0 Å². The van der Waals surface area contributed by atoms with Crippen molar-refractivity contribution in [3.05, 3.63) is 59.7 Å². The van der Waals surface area contributed by atoms with Crippen LogP contribution in [0.2, 0.25) is 0 Å². The fourth-order valence-electron chi connectivity index (χ4n) is 5.61. The molecule has 3 aliphatic heterocycles. The largest absolute Gasteiger partial charge is 0.358 e. The highest BCUT2D eigenvalue weighted by Crippen LogP contribution is 2.39. The van der Waals surface area contributed by atoms with Crippen LogP contribution < -0.4 is 15.1 Å². The van der Waals surface area contributed by atoms with Gasteiger partial charge in [0.15, 0.2) is 0 Å². The molecule has 0 radical (unpaired) electrons. The van der Waals surface area contributed by atoms with Gasteiger partial charge in [-0.15, -0.1) is 0 Å². The average molecular weight is 476 g/mol. The van der Waals surface area contributed by atoms with E-state index >= 15 is 0 Å². The number of nitrogens with one attached hydrogen (secondary N) is 1. The number of carbonyl (C=O) groups is 2. The Morgan fingerprint density at radius 1 is 0.943 bits per heavy atom. The van der Waals surface area contributed by atoms with Crippen molar-refractivity contribution in [2.24, 2.45) is 0 Å².